The molecule has 0 aromatic heterocycles. The van der Waals surface area contributed by atoms with E-state index in [1.165, 1.54) is 0 Å². The van der Waals surface area contributed by atoms with Gasteiger partial charge in [-0.3, -0.25) is 0 Å². The van der Waals surface area contributed by atoms with Gasteiger partial charge in [0.15, 0.2) is 6.86 Å². The zero-order chi connectivity index (χ0) is 9.07. The van der Waals surface area contributed by atoms with E-state index in [1.54, 1.807) is 0 Å². The third kappa shape index (κ3) is 3.45. The number of halogens is 6. The Hall–Kier alpha value is -0.460. The Kier molecular flexibility index (Phi) is 3.64. The Balaban J connectivity index is 4.10. The molecule has 0 spiro atoms. The van der Waals surface area contributed by atoms with Crippen molar-refractivity contribution in [2.45, 2.75) is 18.7 Å². The average molecular weight is 182 g/mol. The van der Waals surface area contributed by atoms with Gasteiger partial charge in [0.25, 0.3) is 6.43 Å². The maximum atomic E-state index is 11.4. The molecule has 11 heavy (non-hydrogen) atoms. The second-order valence-electron chi connectivity index (χ2n) is 1.57. The van der Waals surface area contributed by atoms with Crippen molar-refractivity contribution in [3.05, 3.63) is 0 Å². The summed E-state index contributed by atoms with van der Waals surface area (Å²) in [6, 6.07) is 0. The van der Waals surface area contributed by atoms with Crippen molar-refractivity contribution in [3.63, 3.8) is 0 Å². The summed E-state index contributed by atoms with van der Waals surface area (Å²) in [6.07, 6.45) is -12.3. The van der Waals surface area contributed by atoms with E-state index in [2.05, 4.69) is 4.74 Å². The summed E-state index contributed by atoms with van der Waals surface area (Å²) >= 11 is 0. The van der Waals surface area contributed by atoms with E-state index in [0.29, 0.717) is 0 Å². The highest BCUT2D eigenvalue weighted by Gasteiger charge is 2.47. The van der Waals surface area contributed by atoms with E-state index < -0.39 is 25.6 Å². The summed E-state index contributed by atoms with van der Waals surface area (Å²) in [5.74, 6) is 0. The molecule has 0 radical (unpaired) electrons. The number of ether oxygens (including phenoxy) is 1. The fourth-order valence-corrected chi connectivity index (χ4v) is 0.378. The van der Waals surface area contributed by atoms with Gasteiger partial charge in [0, 0.05) is 0 Å². The SMILES string of the molecule is FCOC(C(F)F)C(F)(F)F. The van der Waals surface area contributed by atoms with Crippen LogP contribution in [0.3, 0.4) is 0 Å². The molecule has 68 valence electrons. The van der Waals surface area contributed by atoms with Gasteiger partial charge in [-0.25, -0.2) is 13.2 Å². The maximum Gasteiger partial charge on any atom is 0.420 e. The van der Waals surface area contributed by atoms with Gasteiger partial charge in [0.1, 0.15) is 0 Å². The molecule has 1 atom stereocenters. The van der Waals surface area contributed by atoms with Gasteiger partial charge >= 0.3 is 6.18 Å². The van der Waals surface area contributed by atoms with Gasteiger partial charge < -0.3 is 4.74 Å². The van der Waals surface area contributed by atoms with Crippen LogP contribution in [0.1, 0.15) is 0 Å². The highest BCUT2D eigenvalue weighted by atomic mass is 19.4. The molecule has 0 heterocycles. The van der Waals surface area contributed by atoms with E-state index in [9.17, 15) is 26.3 Å². The largest absolute Gasteiger partial charge is 0.420 e. The number of hydrogen-bond donors (Lipinski definition) is 0. The lowest BCUT2D eigenvalue weighted by atomic mass is 10.4. The molecule has 0 aliphatic carbocycles. The standard InChI is InChI=1S/C4H4F6O/c5-1-11-2(3(6)7)4(8,9)10/h2-3H,1H2. The molecule has 0 aromatic rings. The highest BCUT2D eigenvalue weighted by Crippen LogP contribution is 2.27. The van der Waals surface area contributed by atoms with Crippen molar-refractivity contribution < 1.29 is 31.1 Å². The van der Waals surface area contributed by atoms with Crippen LogP contribution in [-0.4, -0.2) is 25.6 Å². The zero-order valence-electron chi connectivity index (χ0n) is 5.04. The molecular weight excluding hydrogens is 178 g/mol. The van der Waals surface area contributed by atoms with Gasteiger partial charge in [0.2, 0.25) is 6.10 Å². The molecule has 0 rings (SSSR count). The molecule has 0 bridgehead atoms. The van der Waals surface area contributed by atoms with E-state index in [-0.39, 0.29) is 0 Å². The normalized spacial score (nSPS) is 15.5. The predicted molar refractivity (Wildman–Crippen MR) is 22.9 cm³/mol. The van der Waals surface area contributed by atoms with Gasteiger partial charge in [-0.15, -0.1) is 0 Å². The van der Waals surface area contributed by atoms with E-state index in [1.807, 2.05) is 0 Å². The van der Waals surface area contributed by atoms with Crippen LogP contribution in [0, 0.1) is 0 Å². The minimum Gasteiger partial charge on any atom is -0.332 e. The molecule has 7 heteroatoms. The first-order chi connectivity index (χ1) is 4.89. The molecule has 0 N–H and O–H groups in total. The smallest absolute Gasteiger partial charge is 0.332 e. The lowest BCUT2D eigenvalue weighted by Crippen LogP contribution is -2.37. The Morgan fingerprint density at radius 3 is 1.73 bits per heavy atom. The van der Waals surface area contributed by atoms with Crippen LogP contribution in [0.5, 0.6) is 0 Å². The Labute approximate surface area is 57.9 Å². The van der Waals surface area contributed by atoms with Crippen molar-refractivity contribution in [3.8, 4) is 0 Å². The first-order valence-corrected chi connectivity index (χ1v) is 2.42. The summed E-state index contributed by atoms with van der Waals surface area (Å²) in [6.45, 7) is -1.88. The number of alkyl halides is 6. The first-order valence-electron chi connectivity index (χ1n) is 2.42. The molecule has 0 amide bonds. The molecule has 1 nitrogen and oxygen atoms in total. The molecule has 1 unspecified atom stereocenters. The highest BCUT2D eigenvalue weighted by molar-refractivity contribution is 4.69. The second kappa shape index (κ2) is 3.80. The summed E-state index contributed by atoms with van der Waals surface area (Å²) < 4.78 is 71.1. The average Bonchev–Trinajstić information content (AvgIpc) is 1.79. The second-order valence-corrected chi connectivity index (χ2v) is 1.57. The van der Waals surface area contributed by atoms with Gasteiger partial charge in [0.05, 0.1) is 0 Å². The number of hydrogen-bond acceptors (Lipinski definition) is 1. The van der Waals surface area contributed by atoms with Crippen LogP contribution in [0.4, 0.5) is 26.3 Å². The molecule has 0 saturated carbocycles. The summed E-state index contributed by atoms with van der Waals surface area (Å²) in [5.41, 5.74) is 0. The third-order valence-corrected chi connectivity index (χ3v) is 0.794. The van der Waals surface area contributed by atoms with E-state index in [4.69, 9.17) is 0 Å². The first kappa shape index (κ1) is 10.5. The van der Waals surface area contributed by atoms with Gasteiger partial charge in [-0.2, -0.15) is 13.2 Å². The van der Waals surface area contributed by atoms with Crippen LogP contribution >= 0.6 is 0 Å². The quantitative estimate of drug-likeness (QED) is 0.607. The molecule has 0 aromatic carbocycles. The predicted octanol–water partition coefficient (Wildman–Crippen LogP) is 2.13. The minimum atomic E-state index is -5.22. The van der Waals surface area contributed by atoms with Crippen LogP contribution in [-0.2, 0) is 4.74 Å². The molecule has 0 saturated heterocycles. The van der Waals surface area contributed by atoms with Crippen LogP contribution in [0.15, 0.2) is 0 Å². The topological polar surface area (TPSA) is 9.23 Å². The van der Waals surface area contributed by atoms with Crippen molar-refractivity contribution in [2.24, 2.45) is 0 Å². The van der Waals surface area contributed by atoms with Crippen LogP contribution < -0.4 is 0 Å². The van der Waals surface area contributed by atoms with E-state index in [0.717, 1.165) is 0 Å². The molecule has 0 fully saturated rings. The zero-order valence-corrected chi connectivity index (χ0v) is 5.04. The van der Waals surface area contributed by atoms with Crippen molar-refractivity contribution in [2.75, 3.05) is 6.86 Å². The molecule has 0 aliphatic heterocycles. The monoisotopic (exact) mass is 182 g/mol. The van der Waals surface area contributed by atoms with Gasteiger partial charge in [-0.1, -0.05) is 0 Å². The van der Waals surface area contributed by atoms with Crippen LogP contribution in [0.25, 0.3) is 0 Å². The third-order valence-electron chi connectivity index (χ3n) is 0.794. The molecular formula is C4H4F6O. The summed E-state index contributed by atoms with van der Waals surface area (Å²) in [5, 5.41) is 0. The van der Waals surface area contributed by atoms with Gasteiger partial charge in [-0.05, 0) is 0 Å². The van der Waals surface area contributed by atoms with Crippen molar-refractivity contribution >= 4 is 0 Å². The van der Waals surface area contributed by atoms with Crippen molar-refractivity contribution in [1.29, 1.82) is 0 Å². The van der Waals surface area contributed by atoms with Crippen molar-refractivity contribution in [1.82, 2.24) is 0 Å². The summed E-state index contributed by atoms with van der Waals surface area (Å²) in [4.78, 5) is 0. The summed E-state index contributed by atoms with van der Waals surface area (Å²) in [7, 11) is 0. The van der Waals surface area contributed by atoms with E-state index >= 15 is 0 Å². The number of rotatable bonds is 3. The minimum absolute atomic E-state index is 1.88. The lowest BCUT2D eigenvalue weighted by molar-refractivity contribution is -0.261. The Bertz CT molecular complexity index is 110. The fourth-order valence-electron chi connectivity index (χ4n) is 0.378. The lowest BCUT2D eigenvalue weighted by Gasteiger charge is -2.17. The van der Waals surface area contributed by atoms with Crippen LogP contribution in [0.2, 0.25) is 0 Å². The molecule has 0 aliphatic rings. The Morgan fingerprint density at radius 1 is 1.18 bits per heavy atom. The fraction of sp³-hybridized carbons (Fsp3) is 1.00. The Morgan fingerprint density at radius 2 is 1.64 bits per heavy atom. The maximum absolute atomic E-state index is 11.4.